The molecule has 0 fully saturated rings. The van der Waals surface area contributed by atoms with Crippen molar-refractivity contribution in [3.63, 3.8) is 0 Å². The Labute approximate surface area is 97.8 Å². The molecular weight excluding hydrogens is 222 g/mol. The van der Waals surface area contributed by atoms with Gasteiger partial charge in [-0.05, 0) is 24.1 Å². The molecule has 1 aromatic rings. The number of hydrogen-bond donors (Lipinski definition) is 1. The monoisotopic (exact) mass is 241 g/mol. The van der Waals surface area contributed by atoms with E-state index >= 15 is 0 Å². The van der Waals surface area contributed by atoms with Crippen LogP contribution < -0.4 is 5.32 Å². The summed E-state index contributed by atoms with van der Waals surface area (Å²) in [7, 11) is -3.14. The topological polar surface area (TPSA) is 46.2 Å². The number of nitrogens with one attached hydrogen (secondary N) is 1. The minimum absolute atomic E-state index is 0.341. The maximum absolute atomic E-state index is 11.6. The highest BCUT2D eigenvalue weighted by Gasteiger charge is 2.13. The van der Waals surface area contributed by atoms with Gasteiger partial charge < -0.3 is 5.32 Å². The van der Waals surface area contributed by atoms with E-state index in [0.29, 0.717) is 17.5 Å². The SMILES string of the molecule is Cc1ccc(CNC(C)C)c(S(C)(=O)=O)c1. The molecule has 0 bridgehead atoms. The number of sulfone groups is 1. The van der Waals surface area contributed by atoms with Crippen LogP contribution in [0.25, 0.3) is 0 Å². The van der Waals surface area contributed by atoms with Crippen LogP contribution >= 0.6 is 0 Å². The molecule has 0 saturated heterocycles. The Morgan fingerprint density at radius 2 is 1.94 bits per heavy atom. The molecule has 90 valence electrons. The third kappa shape index (κ3) is 3.61. The molecule has 3 nitrogen and oxygen atoms in total. The molecule has 0 aliphatic rings. The van der Waals surface area contributed by atoms with Gasteiger partial charge in [0.05, 0.1) is 4.90 Å². The predicted octanol–water partition coefficient (Wildman–Crippen LogP) is 1.90. The minimum Gasteiger partial charge on any atom is -0.310 e. The second-order valence-electron chi connectivity index (χ2n) is 4.42. The molecular formula is C12H19NO2S. The van der Waals surface area contributed by atoms with E-state index in [4.69, 9.17) is 0 Å². The summed E-state index contributed by atoms with van der Waals surface area (Å²) in [4.78, 5) is 0.431. The quantitative estimate of drug-likeness (QED) is 0.875. The molecule has 0 aromatic heterocycles. The van der Waals surface area contributed by atoms with Crippen LogP contribution in [0.5, 0.6) is 0 Å². The molecule has 0 saturated carbocycles. The lowest BCUT2D eigenvalue weighted by atomic mass is 10.1. The van der Waals surface area contributed by atoms with Gasteiger partial charge in [0.15, 0.2) is 9.84 Å². The largest absolute Gasteiger partial charge is 0.310 e. The van der Waals surface area contributed by atoms with Crippen LogP contribution in [0.1, 0.15) is 25.0 Å². The first-order chi connectivity index (χ1) is 7.30. The molecule has 0 aliphatic carbocycles. The molecule has 0 heterocycles. The zero-order valence-corrected chi connectivity index (χ0v) is 11.1. The molecule has 0 aliphatic heterocycles. The van der Waals surface area contributed by atoms with Gasteiger partial charge in [-0.3, -0.25) is 0 Å². The Hall–Kier alpha value is -0.870. The van der Waals surface area contributed by atoms with Crippen molar-refractivity contribution >= 4 is 9.84 Å². The fourth-order valence-electron chi connectivity index (χ4n) is 1.47. The van der Waals surface area contributed by atoms with Gasteiger partial charge in [0.2, 0.25) is 0 Å². The zero-order valence-electron chi connectivity index (χ0n) is 10.2. The third-order valence-electron chi connectivity index (χ3n) is 2.32. The third-order valence-corrected chi connectivity index (χ3v) is 3.50. The molecule has 0 spiro atoms. The van der Waals surface area contributed by atoms with Crippen LogP contribution in [-0.4, -0.2) is 20.7 Å². The van der Waals surface area contributed by atoms with Gasteiger partial charge in [-0.1, -0.05) is 26.0 Å². The minimum atomic E-state index is -3.14. The van der Waals surface area contributed by atoms with Crippen LogP contribution in [0.4, 0.5) is 0 Å². The van der Waals surface area contributed by atoms with Gasteiger partial charge in [-0.15, -0.1) is 0 Å². The second-order valence-corrected chi connectivity index (χ2v) is 6.40. The average Bonchev–Trinajstić information content (AvgIpc) is 2.14. The van der Waals surface area contributed by atoms with Gasteiger partial charge in [0.25, 0.3) is 0 Å². The van der Waals surface area contributed by atoms with Crippen molar-refractivity contribution in [3.05, 3.63) is 29.3 Å². The fraction of sp³-hybridized carbons (Fsp3) is 0.500. The maximum atomic E-state index is 11.6. The van der Waals surface area contributed by atoms with Gasteiger partial charge in [-0.25, -0.2) is 8.42 Å². The predicted molar refractivity (Wildman–Crippen MR) is 66.3 cm³/mol. The zero-order chi connectivity index (χ0) is 12.3. The Bertz CT molecular complexity index is 464. The summed E-state index contributed by atoms with van der Waals surface area (Å²) in [6.45, 7) is 6.55. The Balaban J connectivity index is 3.09. The van der Waals surface area contributed by atoms with E-state index in [1.54, 1.807) is 6.07 Å². The first kappa shape index (κ1) is 13.2. The van der Waals surface area contributed by atoms with Crippen molar-refractivity contribution in [2.75, 3.05) is 6.26 Å². The molecule has 16 heavy (non-hydrogen) atoms. The number of benzene rings is 1. The van der Waals surface area contributed by atoms with Crippen molar-refractivity contribution in [2.24, 2.45) is 0 Å². The summed E-state index contributed by atoms with van der Waals surface area (Å²) in [6.07, 6.45) is 1.25. The summed E-state index contributed by atoms with van der Waals surface area (Å²) >= 11 is 0. The summed E-state index contributed by atoms with van der Waals surface area (Å²) < 4.78 is 23.2. The van der Waals surface area contributed by atoms with E-state index in [9.17, 15) is 8.42 Å². The van der Waals surface area contributed by atoms with Crippen LogP contribution in [0.3, 0.4) is 0 Å². The van der Waals surface area contributed by atoms with Crippen molar-refractivity contribution in [3.8, 4) is 0 Å². The number of rotatable bonds is 4. The molecule has 1 aromatic carbocycles. The fourth-order valence-corrected chi connectivity index (χ4v) is 2.48. The normalized spacial score (nSPS) is 12.1. The lowest BCUT2D eigenvalue weighted by Crippen LogP contribution is -2.23. The average molecular weight is 241 g/mol. The maximum Gasteiger partial charge on any atom is 0.175 e. The standard InChI is InChI=1S/C12H19NO2S/c1-9(2)13-8-11-6-5-10(3)7-12(11)16(4,14)15/h5-7,9,13H,8H2,1-4H3. The molecule has 1 rings (SSSR count). The summed E-state index contributed by atoms with van der Waals surface area (Å²) in [5, 5.41) is 3.23. The van der Waals surface area contributed by atoms with Crippen LogP contribution in [0.15, 0.2) is 23.1 Å². The Kier molecular flexibility index (Phi) is 4.10. The summed E-state index contributed by atoms with van der Waals surface area (Å²) in [6, 6.07) is 5.88. The second kappa shape index (κ2) is 4.97. The van der Waals surface area contributed by atoms with Crippen LogP contribution in [0, 0.1) is 6.92 Å². The van der Waals surface area contributed by atoms with E-state index < -0.39 is 9.84 Å². The van der Waals surface area contributed by atoms with Crippen LogP contribution in [0.2, 0.25) is 0 Å². The van der Waals surface area contributed by atoms with Crippen molar-refractivity contribution < 1.29 is 8.42 Å². The molecule has 0 unspecified atom stereocenters. The van der Waals surface area contributed by atoms with Crippen LogP contribution in [-0.2, 0) is 16.4 Å². The molecule has 0 atom stereocenters. The number of hydrogen-bond acceptors (Lipinski definition) is 3. The van der Waals surface area contributed by atoms with Gasteiger partial charge in [0.1, 0.15) is 0 Å². The smallest absolute Gasteiger partial charge is 0.175 e. The van der Waals surface area contributed by atoms with E-state index in [0.717, 1.165) is 11.1 Å². The number of aryl methyl sites for hydroxylation is 1. The van der Waals surface area contributed by atoms with E-state index in [1.807, 2.05) is 32.9 Å². The van der Waals surface area contributed by atoms with Gasteiger partial charge >= 0.3 is 0 Å². The Morgan fingerprint density at radius 1 is 1.31 bits per heavy atom. The van der Waals surface area contributed by atoms with Crippen molar-refractivity contribution in [1.29, 1.82) is 0 Å². The molecule has 0 radical (unpaired) electrons. The highest BCUT2D eigenvalue weighted by molar-refractivity contribution is 7.90. The Morgan fingerprint density at radius 3 is 2.44 bits per heavy atom. The first-order valence-electron chi connectivity index (χ1n) is 5.33. The highest BCUT2D eigenvalue weighted by Crippen LogP contribution is 2.17. The van der Waals surface area contributed by atoms with E-state index in [1.165, 1.54) is 6.26 Å². The first-order valence-corrected chi connectivity index (χ1v) is 7.23. The van der Waals surface area contributed by atoms with E-state index in [-0.39, 0.29) is 0 Å². The van der Waals surface area contributed by atoms with Crippen molar-refractivity contribution in [1.82, 2.24) is 5.32 Å². The summed E-state index contributed by atoms with van der Waals surface area (Å²) in [5.41, 5.74) is 1.80. The molecule has 1 N–H and O–H groups in total. The molecule has 0 amide bonds. The highest BCUT2D eigenvalue weighted by atomic mass is 32.2. The molecule has 4 heteroatoms. The van der Waals surface area contributed by atoms with Gasteiger partial charge in [-0.2, -0.15) is 0 Å². The lowest BCUT2D eigenvalue weighted by molar-refractivity contribution is 0.576. The van der Waals surface area contributed by atoms with E-state index in [2.05, 4.69) is 5.32 Å². The van der Waals surface area contributed by atoms with Gasteiger partial charge in [0, 0.05) is 18.8 Å². The lowest BCUT2D eigenvalue weighted by Gasteiger charge is -2.12. The van der Waals surface area contributed by atoms with Crippen molar-refractivity contribution in [2.45, 2.75) is 38.3 Å². The summed E-state index contributed by atoms with van der Waals surface area (Å²) in [5.74, 6) is 0.